The number of benzene rings is 1. The van der Waals surface area contributed by atoms with Crippen LogP contribution in [0.15, 0.2) is 36.5 Å². The lowest BCUT2D eigenvalue weighted by atomic mass is 10.0. The van der Waals surface area contributed by atoms with E-state index in [0.717, 1.165) is 49.1 Å². The third-order valence-electron chi connectivity index (χ3n) is 4.94. The van der Waals surface area contributed by atoms with Crippen LogP contribution < -0.4 is 10.6 Å². The number of halogens is 1. The first-order chi connectivity index (χ1) is 12.3. The highest BCUT2D eigenvalue weighted by Gasteiger charge is 2.27. The van der Waals surface area contributed by atoms with Crippen molar-refractivity contribution >= 4 is 23.1 Å². The summed E-state index contributed by atoms with van der Waals surface area (Å²) < 4.78 is 5.43. The Kier molecular flexibility index (Phi) is 5.20. The van der Waals surface area contributed by atoms with Gasteiger partial charge in [0.1, 0.15) is 5.82 Å². The predicted octanol–water partition coefficient (Wildman–Crippen LogP) is 4.62. The fourth-order valence-corrected chi connectivity index (χ4v) is 3.55. The third-order valence-corrected chi connectivity index (χ3v) is 5.17. The van der Waals surface area contributed by atoms with Gasteiger partial charge in [-0.25, -0.2) is 4.98 Å². The fourth-order valence-electron chi connectivity index (χ4n) is 3.36. The van der Waals surface area contributed by atoms with Gasteiger partial charge in [0, 0.05) is 42.7 Å². The van der Waals surface area contributed by atoms with Crippen molar-refractivity contribution in [2.24, 2.45) is 0 Å². The number of aromatic nitrogens is 1. The molecule has 2 aliphatic rings. The number of anilines is 2. The molecule has 25 heavy (non-hydrogen) atoms. The maximum absolute atomic E-state index is 6.07. The largest absolute Gasteiger partial charge is 0.381 e. The van der Waals surface area contributed by atoms with Crippen LogP contribution in [0.25, 0.3) is 0 Å². The van der Waals surface area contributed by atoms with Gasteiger partial charge in [-0.3, -0.25) is 0 Å². The number of hydrogen-bond donors (Lipinski definition) is 2. The Morgan fingerprint density at radius 1 is 1.12 bits per heavy atom. The van der Waals surface area contributed by atoms with Gasteiger partial charge >= 0.3 is 0 Å². The van der Waals surface area contributed by atoms with Crippen LogP contribution in [0.4, 0.5) is 11.5 Å². The van der Waals surface area contributed by atoms with Gasteiger partial charge in [-0.2, -0.15) is 0 Å². The van der Waals surface area contributed by atoms with Crippen LogP contribution in [-0.2, 0) is 11.3 Å². The van der Waals surface area contributed by atoms with E-state index in [1.165, 1.54) is 24.0 Å². The summed E-state index contributed by atoms with van der Waals surface area (Å²) in [6, 6.07) is 10.5. The van der Waals surface area contributed by atoms with Crippen LogP contribution in [0.1, 0.15) is 42.7 Å². The van der Waals surface area contributed by atoms with Gasteiger partial charge in [0.25, 0.3) is 0 Å². The molecule has 4 nitrogen and oxygen atoms in total. The van der Waals surface area contributed by atoms with Crippen molar-refractivity contribution in [1.82, 2.24) is 10.3 Å². The predicted molar refractivity (Wildman–Crippen MR) is 102 cm³/mol. The summed E-state index contributed by atoms with van der Waals surface area (Å²) in [7, 11) is 0. The van der Waals surface area contributed by atoms with Crippen molar-refractivity contribution in [2.75, 3.05) is 18.5 Å². The smallest absolute Gasteiger partial charge is 0.130 e. The SMILES string of the molecule is Clc1cccc(Nc2cc(C3CC3)c(CNC3CCOCC3)cn2)c1. The van der Waals surface area contributed by atoms with Crippen LogP contribution in [0, 0.1) is 0 Å². The Morgan fingerprint density at radius 3 is 2.72 bits per heavy atom. The maximum Gasteiger partial charge on any atom is 0.130 e. The minimum Gasteiger partial charge on any atom is -0.381 e. The average molecular weight is 358 g/mol. The molecular formula is C20H24ClN3O. The highest BCUT2D eigenvalue weighted by Crippen LogP contribution is 2.42. The maximum atomic E-state index is 6.07. The molecule has 1 saturated heterocycles. The van der Waals surface area contributed by atoms with E-state index in [4.69, 9.17) is 16.3 Å². The van der Waals surface area contributed by atoms with Gasteiger partial charge in [0.2, 0.25) is 0 Å². The summed E-state index contributed by atoms with van der Waals surface area (Å²) in [5.74, 6) is 1.58. The molecule has 0 spiro atoms. The summed E-state index contributed by atoms with van der Waals surface area (Å²) in [5, 5.41) is 7.77. The van der Waals surface area contributed by atoms with Gasteiger partial charge in [0.05, 0.1) is 0 Å². The number of pyridine rings is 1. The quantitative estimate of drug-likeness (QED) is 0.791. The molecule has 2 fully saturated rings. The van der Waals surface area contributed by atoms with Gasteiger partial charge in [-0.15, -0.1) is 0 Å². The molecule has 2 N–H and O–H groups in total. The summed E-state index contributed by atoms with van der Waals surface area (Å²) in [4.78, 5) is 4.62. The Morgan fingerprint density at radius 2 is 1.96 bits per heavy atom. The molecule has 1 aromatic carbocycles. The molecule has 4 rings (SSSR count). The number of hydrogen-bond acceptors (Lipinski definition) is 4. The Labute approximate surface area is 153 Å². The molecule has 1 aliphatic carbocycles. The van der Waals surface area contributed by atoms with E-state index in [-0.39, 0.29) is 0 Å². The van der Waals surface area contributed by atoms with Crippen molar-refractivity contribution in [1.29, 1.82) is 0 Å². The van der Waals surface area contributed by atoms with Crippen LogP contribution in [0.2, 0.25) is 5.02 Å². The second kappa shape index (κ2) is 7.73. The molecule has 2 aromatic rings. The van der Waals surface area contributed by atoms with E-state index in [9.17, 15) is 0 Å². The van der Waals surface area contributed by atoms with Gasteiger partial charge in [0.15, 0.2) is 0 Å². The zero-order valence-electron chi connectivity index (χ0n) is 14.3. The topological polar surface area (TPSA) is 46.2 Å². The molecule has 0 bridgehead atoms. The van der Waals surface area contributed by atoms with Crippen molar-refractivity contribution in [3.63, 3.8) is 0 Å². The van der Waals surface area contributed by atoms with Crippen LogP contribution >= 0.6 is 11.6 Å². The van der Waals surface area contributed by atoms with Crippen molar-refractivity contribution < 1.29 is 4.74 Å². The van der Waals surface area contributed by atoms with Crippen LogP contribution in [0.5, 0.6) is 0 Å². The lowest BCUT2D eigenvalue weighted by molar-refractivity contribution is 0.0776. The molecular weight excluding hydrogens is 334 g/mol. The highest BCUT2D eigenvalue weighted by molar-refractivity contribution is 6.30. The molecule has 132 valence electrons. The van der Waals surface area contributed by atoms with Gasteiger partial charge < -0.3 is 15.4 Å². The number of nitrogens with zero attached hydrogens (tertiary/aromatic N) is 1. The van der Waals surface area contributed by atoms with Gasteiger partial charge in [-0.05, 0) is 67.0 Å². The summed E-state index contributed by atoms with van der Waals surface area (Å²) in [6.07, 6.45) is 6.78. The van der Waals surface area contributed by atoms with Crippen molar-refractivity contribution in [3.8, 4) is 0 Å². The molecule has 1 aliphatic heterocycles. The van der Waals surface area contributed by atoms with E-state index >= 15 is 0 Å². The molecule has 0 radical (unpaired) electrons. The molecule has 5 heteroatoms. The van der Waals surface area contributed by atoms with E-state index in [0.29, 0.717) is 12.0 Å². The number of rotatable bonds is 6. The summed E-state index contributed by atoms with van der Waals surface area (Å²) in [6.45, 7) is 2.63. The zero-order chi connectivity index (χ0) is 17.1. The first-order valence-electron chi connectivity index (χ1n) is 9.10. The van der Waals surface area contributed by atoms with Gasteiger partial charge in [-0.1, -0.05) is 17.7 Å². The van der Waals surface area contributed by atoms with Crippen molar-refractivity contribution in [2.45, 2.75) is 44.2 Å². The second-order valence-electron chi connectivity index (χ2n) is 6.95. The zero-order valence-corrected chi connectivity index (χ0v) is 15.1. The molecule has 0 amide bonds. The first-order valence-corrected chi connectivity index (χ1v) is 9.48. The minimum atomic E-state index is 0.560. The molecule has 0 atom stereocenters. The lowest BCUT2D eigenvalue weighted by Gasteiger charge is -2.24. The Bertz CT molecular complexity index is 727. The average Bonchev–Trinajstić information content (AvgIpc) is 3.46. The Balaban J connectivity index is 1.46. The summed E-state index contributed by atoms with van der Waals surface area (Å²) >= 11 is 6.07. The van der Waals surface area contributed by atoms with E-state index in [1.54, 1.807) is 0 Å². The molecule has 1 saturated carbocycles. The molecule has 2 heterocycles. The van der Waals surface area contributed by atoms with Crippen LogP contribution in [-0.4, -0.2) is 24.2 Å². The first kappa shape index (κ1) is 16.8. The minimum absolute atomic E-state index is 0.560. The monoisotopic (exact) mass is 357 g/mol. The fraction of sp³-hybridized carbons (Fsp3) is 0.450. The molecule has 0 unspecified atom stereocenters. The standard InChI is InChI=1S/C20H24ClN3O/c21-16-2-1-3-18(10-16)24-20-11-19(14-4-5-14)15(13-23-20)12-22-17-6-8-25-9-7-17/h1-3,10-11,13-14,17,22H,4-9,12H2,(H,23,24). The molecule has 1 aromatic heterocycles. The van der Waals surface area contributed by atoms with Crippen LogP contribution in [0.3, 0.4) is 0 Å². The summed E-state index contributed by atoms with van der Waals surface area (Å²) in [5.41, 5.74) is 3.72. The third kappa shape index (κ3) is 4.51. The normalized spacial score (nSPS) is 18.3. The number of ether oxygens (including phenoxy) is 1. The van der Waals surface area contributed by atoms with E-state index in [1.807, 2.05) is 30.5 Å². The van der Waals surface area contributed by atoms with Crippen molar-refractivity contribution in [3.05, 3.63) is 52.7 Å². The lowest BCUT2D eigenvalue weighted by Crippen LogP contribution is -2.34. The van der Waals surface area contributed by atoms with E-state index in [2.05, 4.69) is 21.7 Å². The number of nitrogens with one attached hydrogen (secondary N) is 2. The Hall–Kier alpha value is -1.62. The van der Waals surface area contributed by atoms with E-state index < -0.39 is 0 Å². The second-order valence-corrected chi connectivity index (χ2v) is 7.38. The highest BCUT2D eigenvalue weighted by atomic mass is 35.5.